The Morgan fingerprint density at radius 3 is 2.60 bits per heavy atom. The van der Waals surface area contributed by atoms with Gasteiger partial charge in [0.05, 0.1) is 6.61 Å². The molecule has 0 atom stereocenters. The van der Waals surface area contributed by atoms with Crippen LogP contribution in [-0.4, -0.2) is 11.6 Å². The number of aromatic nitrogens is 1. The van der Waals surface area contributed by atoms with Crippen molar-refractivity contribution in [2.75, 3.05) is 6.61 Å². The summed E-state index contributed by atoms with van der Waals surface area (Å²) in [5, 5.41) is 2.22. The van der Waals surface area contributed by atoms with Gasteiger partial charge in [0.25, 0.3) is 0 Å². The SMILES string of the molecule is ClCc1cnc(OCC2CCCCC2)c2ccccc12. The predicted octanol–water partition coefficient (Wildman–Crippen LogP) is 4.93. The van der Waals surface area contributed by atoms with Crippen molar-refractivity contribution in [3.05, 3.63) is 36.0 Å². The zero-order valence-corrected chi connectivity index (χ0v) is 12.4. The fourth-order valence-corrected chi connectivity index (χ4v) is 3.21. The van der Waals surface area contributed by atoms with Crippen LogP contribution in [0.25, 0.3) is 10.8 Å². The second-order valence-corrected chi connectivity index (χ2v) is 5.85. The van der Waals surface area contributed by atoms with Gasteiger partial charge >= 0.3 is 0 Å². The summed E-state index contributed by atoms with van der Waals surface area (Å²) in [6.07, 6.45) is 8.48. The molecule has 1 aliphatic rings. The van der Waals surface area contributed by atoms with E-state index in [1.165, 1.54) is 32.1 Å². The van der Waals surface area contributed by atoms with Crippen LogP contribution in [0.3, 0.4) is 0 Å². The number of hydrogen-bond acceptors (Lipinski definition) is 2. The van der Waals surface area contributed by atoms with Gasteiger partial charge in [-0.2, -0.15) is 0 Å². The Morgan fingerprint density at radius 2 is 1.85 bits per heavy atom. The molecule has 0 aliphatic heterocycles. The van der Waals surface area contributed by atoms with E-state index in [2.05, 4.69) is 17.1 Å². The Bertz CT molecular complexity index is 578. The summed E-state index contributed by atoms with van der Waals surface area (Å²) in [4.78, 5) is 4.46. The summed E-state index contributed by atoms with van der Waals surface area (Å²) < 4.78 is 6.00. The van der Waals surface area contributed by atoms with Crippen molar-refractivity contribution >= 4 is 22.4 Å². The van der Waals surface area contributed by atoms with E-state index in [4.69, 9.17) is 16.3 Å². The zero-order valence-electron chi connectivity index (χ0n) is 11.6. The first-order valence-corrected chi connectivity index (χ1v) is 7.97. The van der Waals surface area contributed by atoms with E-state index in [0.29, 0.717) is 11.8 Å². The topological polar surface area (TPSA) is 22.1 Å². The summed E-state index contributed by atoms with van der Waals surface area (Å²) in [5.74, 6) is 1.92. The average Bonchev–Trinajstić information content (AvgIpc) is 2.53. The van der Waals surface area contributed by atoms with E-state index in [9.17, 15) is 0 Å². The number of benzene rings is 1. The van der Waals surface area contributed by atoms with E-state index in [1.54, 1.807) is 0 Å². The second kappa shape index (κ2) is 6.45. The van der Waals surface area contributed by atoms with Crippen molar-refractivity contribution in [2.24, 2.45) is 5.92 Å². The molecule has 3 heteroatoms. The zero-order chi connectivity index (χ0) is 13.8. The number of rotatable bonds is 4. The molecule has 0 saturated heterocycles. The third kappa shape index (κ3) is 2.90. The minimum absolute atomic E-state index is 0.483. The van der Waals surface area contributed by atoms with E-state index in [-0.39, 0.29) is 0 Å². The van der Waals surface area contributed by atoms with Crippen molar-refractivity contribution in [1.82, 2.24) is 4.98 Å². The van der Waals surface area contributed by atoms with Gasteiger partial charge in [-0.15, -0.1) is 11.6 Å². The van der Waals surface area contributed by atoms with Crippen molar-refractivity contribution in [2.45, 2.75) is 38.0 Å². The number of nitrogens with zero attached hydrogens (tertiary/aromatic N) is 1. The quantitative estimate of drug-likeness (QED) is 0.744. The molecule has 1 aliphatic carbocycles. The molecule has 1 aromatic carbocycles. The van der Waals surface area contributed by atoms with Crippen molar-refractivity contribution in [3.63, 3.8) is 0 Å². The molecule has 0 radical (unpaired) electrons. The van der Waals surface area contributed by atoms with Crippen molar-refractivity contribution in [3.8, 4) is 5.88 Å². The van der Waals surface area contributed by atoms with Crippen LogP contribution in [0.5, 0.6) is 5.88 Å². The van der Waals surface area contributed by atoms with Gasteiger partial charge in [0.15, 0.2) is 0 Å². The third-order valence-electron chi connectivity index (χ3n) is 4.17. The highest BCUT2D eigenvalue weighted by Crippen LogP contribution is 2.29. The fourth-order valence-electron chi connectivity index (χ4n) is 3.00. The Morgan fingerprint density at radius 1 is 1.10 bits per heavy atom. The first kappa shape index (κ1) is 13.7. The fraction of sp³-hybridized carbons (Fsp3) is 0.471. The van der Waals surface area contributed by atoms with Gasteiger partial charge in [-0.25, -0.2) is 4.98 Å². The maximum atomic E-state index is 6.00. The number of hydrogen-bond donors (Lipinski definition) is 0. The molecule has 0 amide bonds. The number of ether oxygens (including phenoxy) is 1. The summed E-state index contributed by atoms with van der Waals surface area (Å²) in [5.41, 5.74) is 1.06. The van der Waals surface area contributed by atoms with Gasteiger partial charge in [-0.3, -0.25) is 0 Å². The Balaban J connectivity index is 1.80. The van der Waals surface area contributed by atoms with Gasteiger partial charge in [0, 0.05) is 17.5 Å². The molecule has 1 saturated carbocycles. The molecule has 106 valence electrons. The molecule has 0 spiro atoms. The van der Waals surface area contributed by atoms with E-state index >= 15 is 0 Å². The van der Waals surface area contributed by atoms with Crippen LogP contribution in [0.1, 0.15) is 37.7 Å². The number of pyridine rings is 1. The highest BCUT2D eigenvalue weighted by Gasteiger charge is 2.15. The molecule has 2 nitrogen and oxygen atoms in total. The first-order valence-electron chi connectivity index (χ1n) is 7.44. The standard InChI is InChI=1S/C17H20ClNO/c18-10-14-11-19-17(16-9-5-4-8-15(14)16)20-12-13-6-2-1-3-7-13/h4-5,8-9,11,13H,1-3,6-7,10,12H2. The van der Waals surface area contributed by atoms with E-state index in [0.717, 1.165) is 28.8 Å². The first-order chi connectivity index (χ1) is 9.88. The molecule has 2 aromatic rings. The van der Waals surface area contributed by atoms with Crippen molar-refractivity contribution < 1.29 is 4.74 Å². The van der Waals surface area contributed by atoms with Crippen molar-refractivity contribution in [1.29, 1.82) is 0 Å². The maximum Gasteiger partial charge on any atom is 0.221 e. The van der Waals surface area contributed by atoms with Crippen LogP contribution >= 0.6 is 11.6 Å². The highest BCUT2D eigenvalue weighted by molar-refractivity contribution is 6.18. The minimum atomic E-state index is 0.483. The molecule has 0 unspecified atom stereocenters. The molecule has 1 fully saturated rings. The van der Waals surface area contributed by atoms with Gasteiger partial charge in [0.1, 0.15) is 0 Å². The van der Waals surface area contributed by atoms with Crippen LogP contribution < -0.4 is 4.74 Å². The largest absolute Gasteiger partial charge is 0.477 e. The lowest BCUT2D eigenvalue weighted by Gasteiger charge is -2.21. The molecular weight excluding hydrogens is 270 g/mol. The lowest BCUT2D eigenvalue weighted by atomic mass is 9.90. The molecule has 3 rings (SSSR count). The van der Waals surface area contributed by atoms with E-state index < -0.39 is 0 Å². The number of alkyl halides is 1. The van der Waals surface area contributed by atoms with Gasteiger partial charge in [0.2, 0.25) is 5.88 Å². The van der Waals surface area contributed by atoms with Gasteiger partial charge in [-0.1, -0.05) is 37.5 Å². The molecule has 1 aromatic heterocycles. The minimum Gasteiger partial charge on any atom is -0.477 e. The van der Waals surface area contributed by atoms with Crippen LogP contribution in [0.2, 0.25) is 0 Å². The second-order valence-electron chi connectivity index (χ2n) is 5.58. The Kier molecular flexibility index (Phi) is 4.41. The Labute approximate surface area is 125 Å². The summed E-state index contributed by atoms with van der Waals surface area (Å²) in [7, 11) is 0. The Hall–Kier alpha value is -1.28. The number of halogens is 1. The smallest absolute Gasteiger partial charge is 0.221 e. The molecule has 1 heterocycles. The summed E-state index contributed by atoms with van der Waals surface area (Å²) in [6.45, 7) is 0.789. The predicted molar refractivity (Wildman–Crippen MR) is 83.4 cm³/mol. The van der Waals surface area contributed by atoms with Gasteiger partial charge < -0.3 is 4.74 Å². The molecule has 20 heavy (non-hydrogen) atoms. The van der Waals surface area contributed by atoms with Gasteiger partial charge in [-0.05, 0) is 35.8 Å². The molecule has 0 N–H and O–H groups in total. The van der Waals surface area contributed by atoms with Crippen LogP contribution in [0.15, 0.2) is 30.5 Å². The highest BCUT2D eigenvalue weighted by atomic mass is 35.5. The van der Waals surface area contributed by atoms with E-state index in [1.807, 2.05) is 18.3 Å². The maximum absolute atomic E-state index is 6.00. The van der Waals surface area contributed by atoms with Crippen LogP contribution in [-0.2, 0) is 5.88 Å². The normalized spacial score (nSPS) is 16.4. The van der Waals surface area contributed by atoms with Crippen LogP contribution in [0, 0.1) is 5.92 Å². The molecule has 0 bridgehead atoms. The average molecular weight is 290 g/mol. The summed E-state index contributed by atoms with van der Waals surface area (Å²) >= 11 is 5.98. The summed E-state index contributed by atoms with van der Waals surface area (Å²) in [6, 6.07) is 8.20. The number of fused-ring (bicyclic) bond motifs is 1. The van der Waals surface area contributed by atoms with Crippen LogP contribution in [0.4, 0.5) is 0 Å². The lowest BCUT2D eigenvalue weighted by molar-refractivity contribution is 0.205. The lowest BCUT2D eigenvalue weighted by Crippen LogP contribution is -2.15. The molecular formula is C17H20ClNO. The third-order valence-corrected chi connectivity index (χ3v) is 4.45. The monoisotopic (exact) mass is 289 g/mol.